The molecule has 2 nitrogen and oxygen atoms in total. The lowest BCUT2D eigenvalue weighted by atomic mass is 10.3. The van der Waals surface area contributed by atoms with Gasteiger partial charge in [-0.05, 0) is 30.7 Å². The third-order valence-corrected chi connectivity index (χ3v) is 1.92. The molecule has 0 unspecified atom stereocenters. The van der Waals surface area contributed by atoms with Crippen LogP contribution >= 0.6 is 0 Å². The number of methoxy groups -OCH3 is 1. The summed E-state index contributed by atoms with van der Waals surface area (Å²) in [6, 6.07) is 7.86. The van der Waals surface area contributed by atoms with Gasteiger partial charge in [-0.15, -0.1) is 12.3 Å². The summed E-state index contributed by atoms with van der Waals surface area (Å²) in [5.74, 6) is 3.49. The Labute approximate surface area is 85.3 Å². The summed E-state index contributed by atoms with van der Waals surface area (Å²) < 4.78 is 5.06. The topological polar surface area (TPSA) is 21.3 Å². The molecule has 1 N–H and O–H groups in total. The highest BCUT2D eigenvalue weighted by atomic mass is 16.5. The van der Waals surface area contributed by atoms with Gasteiger partial charge in [0.15, 0.2) is 0 Å². The van der Waals surface area contributed by atoms with Crippen molar-refractivity contribution < 1.29 is 4.74 Å². The number of ether oxygens (including phenoxy) is 1. The number of unbranched alkanes of at least 4 members (excludes halogenated alkanes) is 1. The van der Waals surface area contributed by atoms with E-state index >= 15 is 0 Å². The van der Waals surface area contributed by atoms with Crippen molar-refractivity contribution in [3.63, 3.8) is 0 Å². The smallest absolute Gasteiger partial charge is 0.119 e. The Morgan fingerprint density at radius 1 is 1.36 bits per heavy atom. The van der Waals surface area contributed by atoms with Crippen LogP contribution in [0.3, 0.4) is 0 Å². The maximum atomic E-state index is 5.15. The van der Waals surface area contributed by atoms with Crippen LogP contribution < -0.4 is 10.1 Å². The monoisotopic (exact) mass is 189 g/mol. The quantitative estimate of drug-likeness (QED) is 0.567. The predicted molar refractivity (Wildman–Crippen MR) is 59.6 cm³/mol. The van der Waals surface area contributed by atoms with Gasteiger partial charge in [0.1, 0.15) is 5.75 Å². The standard InChI is InChI=1S/C12H15NO/c1-3-4-5-10-13-11-6-8-12(14-2)9-7-11/h1,6-9,13H,4-5,10H2,2H3. The van der Waals surface area contributed by atoms with Crippen LogP contribution in [0, 0.1) is 12.3 Å². The summed E-state index contributed by atoms with van der Waals surface area (Å²) >= 11 is 0. The van der Waals surface area contributed by atoms with Crippen molar-refractivity contribution in [1.82, 2.24) is 0 Å². The molecule has 0 aliphatic heterocycles. The van der Waals surface area contributed by atoms with Crippen molar-refractivity contribution in [2.24, 2.45) is 0 Å². The molecule has 1 aromatic carbocycles. The third kappa shape index (κ3) is 3.40. The summed E-state index contributed by atoms with van der Waals surface area (Å²) in [4.78, 5) is 0. The molecule has 74 valence electrons. The first-order chi connectivity index (χ1) is 6.86. The second kappa shape index (κ2) is 5.93. The Kier molecular flexibility index (Phi) is 4.43. The summed E-state index contributed by atoms with van der Waals surface area (Å²) in [6.45, 7) is 0.913. The maximum Gasteiger partial charge on any atom is 0.119 e. The van der Waals surface area contributed by atoms with Crippen molar-refractivity contribution >= 4 is 5.69 Å². The van der Waals surface area contributed by atoms with E-state index in [0.29, 0.717) is 0 Å². The number of terminal acetylenes is 1. The number of nitrogens with one attached hydrogen (secondary N) is 1. The van der Waals surface area contributed by atoms with Crippen molar-refractivity contribution in [2.45, 2.75) is 12.8 Å². The second-order valence-electron chi connectivity index (χ2n) is 2.96. The molecule has 0 atom stereocenters. The molecule has 0 amide bonds. The molecule has 0 heterocycles. The van der Waals surface area contributed by atoms with Gasteiger partial charge in [-0.1, -0.05) is 0 Å². The average molecular weight is 189 g/mol. The molecular weight excluding hydrogens is 174 g/mol. The van der Waals surface area contributed by atoms with Gasteiger partial charge >= 0.3 is 0 Å². The Bertz CT molecular complexity index is 297. The van der Waals surface area contributed by atoms with Gasteiger partial charge in [0, 0.05) is 18.7 Å². The summed E-state index contributed by atoms with van der Waals surface area (Å²) in [6.07, 6.45) is 6.98. The molecule has 1 aromatic rings. The van der Waals surface area contributed by atoms with Gasteiger partial charge in [-0.25, -0.2) is 0 Å². The number of rotatable bonds is 5. The fraction of sp³-hybridized carbons (Fsp3) is 0.333. The van der Waals surface area contributed by atoms with Gasteiger partial charge in [0.05, 0.1) is 7.11 Å². The largest absolute Gasteiger partial charge is 0.497 e. The molecule has 14 heavy (non-hydrogen) atoms. The molecule has 2 heteroatoms. The molecule has 0 aromatic heterocycles. The highest BCUT2D eigenvalue weighted by Crippen LogP contribution is 2.14. The zero-order chi connectivity index (χ0) is 10.2. The van der Waals surface area contributed by atoms with E-state index in [9.17, 15) is 0 Å². The average Bonchev–Trinajstić information content (AvgIpc) is 2.25. The maximum absolute atomic E-state index is 5.15. The normalized spacial score (nSPS) is 9.14. The van der Waals surface area contributed by atoms with E-state index in [2.05, 4.69) is 11.2 Å². The van der Waals surface area contributed by atoms with Gasteiger partial charge < -0.3 is 10.1 Å². The van der Waals surface area contributed by atoms with Gasteiger partial charge in [0.25, 0.3) is 0 Å². The Morgan fingerprint density at radius 2 is 2.07 bits per heavy atom. The number of benzene rings is 1. The molecule has 0 saturated heterocycles. The molecule has 1 rings (SSSR count). The van der Waals surface area contributed by atoms with Gasteiger partial charge in [-0.3, -0.25) is 0 Å². The number of anilines is 1. The number of hydrogen-bond donors (Lipinski definition) is 1. The first-order valence-corrected chi connectivity index (χ1v) is 4.68. The first kappa shape index (κ1) is 10.5. The molecule has 0 radical (unpaired) electrons. The summed E-state index contributed by atoms with van der Waals surface area (Å²) in [5.41, 5.74) is 1.10. The molecular formula is C12H15NO. The highest BCUT2D eigenvalue weighted by molar-refractivity contribution is 5.46. The van der Waals surface area contributed by atoms with Crippen LogP contribution in [0.25, 0.3) is 0 Å². The van der Waals surface area contributed by atoms with Crippen molar-refractivity contribution in [2.75, 3.05) is 19.0 Å². The van der Waals surface area contributed by atoms with E-state index in [0.717, 1.165) is 30.8 Å². The van der Waals surface area contributed by atoms with Crippen molar-refractivity contribution in [3.8, 4) is 18.1 Å². The zero-order valence-electron chi connectivity index (χ0n) is 8.42. The van der Waals surface area contributed by atoms with Gasteiger partial charge in [-0.2, -0.15) is 0 Å². The van der Waals surface area contributed by atoms with Crippen molar-refractivity contribution in [3.05, 3.63) is 24.3 Å². The van der Waals surface area contributed by atoms with Crippen LogP contribution in [0.2, 0.25) is 0 Å². The van der Waals surface area contributed by atoms with E-state index in [1.54, 1.807) is 7.11 Å². The first-order valence-electron chi connectivity index (χ1n) is 4.68. The lowest BCUT2D eigenvalue weighted by molar-refractivity contribution is 0.415. The van der Waals surface area contributed by atoms with Crippen LogP contribution in [-0.2, 0) is 0 Å². The van der Waals surface area contributed by atoms with Crippen LogP contribution in [0.5, 0.6) is 5.75 Å². The molecule has 0 aliphatic carbocycles. The van der Waals surface area contributed by atoms with Crippen LogP contribution in [-0.4, -0.2) is 13.7 Å². The van der Waals surface area contributed by atoms with E-state index in [1.165, 1.54) is 0 Å². The molecule has 0 fully saturated rings. The minimum Gasteiger partial charge on any atom is -0.497 e. The van der Waals surface area contributed by atoms with E-state index in [1.807, 2.05) is 24.3 Å². The molecule has 0 bridgehead atoms. The lowest BCUT2D eigenvalue weighted by Crippen LogP contribution is -2.00. The van der Waals surface area contributed by atoms with Gasteiger partial charge in [0.2, 0.25) is 0 Å². The fourth-order valence-electron chi connectivity index (χ4n) is 1.13. The van der Waals surface area contributed by atoms with Crippen molar-refractivity contribution in [1.29, 1.82) is 0 Å². The summed E-state index contributed by atoms with van der Waals surface area (Å²) in [7, 11) is 1.66. The fourth-order valence-corrected chi connectivity index (χ4v) is 1.13. The second-order valence-corrected chi connectivity index (χ2v) is 2.96. The van der Waals surface area contributed by atoms with E-state index in [4.69, 9.17) is 11.2 Å². The lowest BCUT2D eigenvalue weighted by Gasteiger charge is -2.05. The SMILES string of the molecule is C#CCCCNc1ccc(OC)cc1. The zero-order valence-corrected chi connectivity index (χ0v) is 8.42. The Balaban J connectivity index is 2.33. The Morgan fingerprint density at radius 3 is 2.64 bits per heavy atom. The van der Waals surface area contributed by atoms with E-state index < -0.39 is 0 Å². The predicted octanol–water partition coefficient (Wildman–Crippen LogP) is 2.52. The third-order valence-electron chi connectivity index (χ3n) is 1.92. The van der Waals surface area contributed by atoms with Crippen LogP contribution in [0.15, 0.2) is 24.3 Å². The summed E-state index contributed by atoms with van der Waals surface area (Å²) in [5, 5.41) is 3.28. The van der Waals surface area contributed by atoms with E-state index in [-0.39, 0.29) is 0 Å². The molecule has 0 aliphatic rings. The minimum atomic E-state index is 0.823. The Hall–Kier alpha value is -1.62. The number of hydrogen-bond acceptors (Lipinski definition) is 2. The minimum absolute atomic E-state index is 0.823. The highest BCUT2D eigenvalue weighted by Gasteiger charge is 1.92. The van der Waals surface area contributed by atoms with Crippen LogP contribution in [0.1, 0.15) is 12.8 Å². The van der Waals surface area contributed by atoms with Crippen LogP contribution in [0.4, 0.5) is 5.69 Å². The molecule has 0 saturated carbocycles. The molecule has 0 spiro atoms.